The topological polar surface area (TPSA) is 51.1 Å². The zero-order valence-corrected chi connectivity index (χ0v) is 15.8. The van der Waals surface area contributed by atoms with Crippen LogP contribution in [0.2, 0.25) is 0 Å². The number of anilines is 1. The highest BCUT2D eigenvalue weighted by Crippen LogP contribution is 2.24. The van der Waals surface area contributed by atoms with Crippen LogP contribution in [-0.2, 0) is 11.2 Å². The van der Waals surface area contributed by atoms with Gasteiger partial charge in [-0.25, -0.2) is 9.97 Å². The molecular weight excluding hydrogens is 336 g/mol. The fourth-order valence-electron chi connectivity index (χ4n) is 3.44. The summed E-state index contributed by atoms with van der Waals surface area (Å²) in [4.78, 5) is 16.3. The van der Waals surface area contributed by atoms with Gasteiger partial charge in [0, 0.05) is 30.0 Å². The van der Waals surface area contributed by atoms with Crippen LogP contribution >= 0.6 is 0 Å². The molecule has 3 heterocycles. The highest BCUT2D eigenvalue weighted by molar-refractivity contribution is 5.34. The van der Waals surface area contributed by atoms with Crippen molar-refractivity contribution < 1.29 is 4.74 Å². The van der Waals surface area contributed by atoms with Crippen molar-refractivity contribution in [1.82, 2.24) is 15.0 Å². The fourth-order valence-corrected chi connectivity index (χ4v) is 3.44. The molecule has 0 radical (unpaired) electrons. The molecule has 1 aliphatic rings. The molecule has 0 amide bonds. The van der Waals surface area contributed by atoms with Crippen LogP contribution in [-0.4, -0.2) is 34.6 Å². The molecule has 3 aromatic rings. The first-order valence-corrected chi connectivity index (χ1v) is 9.36. The summed E-state index contributed by atoms with van der Waals surface area (Å²) in [6, 6.07) is 18.6. The molecular formula is C22H24N4O. The van der Waals surface area contributed by atoms with Gasteiger partial charge < -0.3 is 9.64 Å². The van der Waals surface area contributed by atoms with Gasteiger partial charge in [-0.3, -0.25) is 4.98 Å². The van der Waals surface area contributed by atoms with Crippen LogP contribution in [0.15, 0.2) is 54.6 Å². The molecule has 0 bridgehead atoms. The van der Waals surface area contributed by atoms with E-state index >= 15 is 0 Å². The number of aryl methyl sites for hydroxylation is 2. The van der Waals surface area contributed by atoms with Gasteiger partial charge in [0.2, 0.25) is 5.95 Å². The first-order chi connectivity index (χ1) is 13.2. The van der Waals surface area contributed by atoms with Gasteiger partial charge in [-0.2, -0.15) is 0 Å². The van der Waals surface area contributed by atoms with Gasteiger partial charge in [-0.05, 0) is 37.6 Å². The number of morpholine rings is 1. The number of hydrogen-bond acceptors (Lipinski definition) is 5. The third kappa shape index (κ3) is 4.31. The van der Waals surface area contributed by atoms with Crippen molar-refractivity contribution >= 4 is 5.95 Å². The second-order valence-electron chi connectivity index (χ2n) is 6.97. The van der Waals surface area contributed by atoms with Crippen LogP contribution in [0, 0.1) is 13.8 Å². The van der Waals surface area contributed by atoms with E-state index in [9.17, 15) is 0 Å². The summed E-state index contributed by atoms with van der Waals surface area (Å²) in [6.45, 7) is 6.16. The van der Waals surface area contributed by atoms with Crippen molar-refractivity contribution in [1.29, 1.82) is 0 Å². The number of hydrogen-bond donors (Lipinski definition) is 0. The lowest BCUT2D eigenvalue weighted by Gasteiger charge is -2.33. The standard InChI is InChI=1S/C22H24N4O/c1-16-13-17(2)24-22(23-16)26-11-12-27-21(15-26)20-10-6-9-19(25-20)14-18-7-4-3-5-8-18/h3-10,13,21H,11-12,14-15H2,1-2H3. The first kappa shape index (κ1) is 17.6. The Balaban J connectivity index is 1.52. The maximum Gasteiger partial charge on any atom is 0.225 e. The molecule has 27 heavy (non-hydrogen) atoms. The Bertz CT molecular complexity index is 893. The second-order valence-corrected chi connectivity index (χ2v) is 6.97. The minimum atomic E-state index is -0.0705. The van der Waals surface area contributed by atoms with Gasteiger partial charge in [0.15, 0.2) is 0 Å². The molecule has 5 nitrogen and oxygen atoms in total. The van der Waals surface area contributed by atoms with Crippen molar-refractivity contribution in [3.05, 3.63) is 82.9 Å². The Labute approximate surface area is 160 Å². The zero-order chi connectivity index (χ0) is 18.6. The molecule has 1 fully saturated rings. The molecule has 1 saturated heterocycles. The Kier molecular flexibility index (Phi) is 5.12. The fraction of sp³-hybridized carbons (Fsp3) is 0.318. The van der Waals surface area contributed by atoms with Gasteiger partial charge in [-0.1, -0.05) is 36.4 Å². The van der Waals surface area contributed by atoms with Gasteiger partial charge in [-0.15, -0.1) is 0 Å². The normalized spacial score (nSPS) is 17.1. The van der Waals surface area contributed by atoms with E-state index in [0.29, 0.717) is 13.2 Å². The lowest BCUT2D eigenvalue weighted by Crippen LogP contribution is -2.39. The minimum Gasteiger partial charge on any atom is -0.368 e. The van der Waals surface area contributed by atoms with Crippen molar-refractivity contribution in [2.75, 3.05) is 24.6 Å². The summed E-state index contributed by atoms with van der Waals surface area (Å²) in [5.41, 5.74) is 5.27. The van der Waals surface area contributed by atoms with Crippen molar-refractivity contribution in [3.63, 3.8) is 0 Å². The van der Waals surface area contributed by atoms with E-state index in [-0.39, 0.29) is 6.10 Å². The quantitative estimate of drug-likeness (QED) is 0.711. The number of rotatable bonds is 4. The number of nitrogens with zero attached hydrogens (tertiary/aromatic N) is 4. The summed E-state index contributed by atoms with van der Waals surface area (Å²) >= 11 is 0. The molecule has 0 N–H and O–H groups in total. The van der Waals surface area contributed by atoms with Crippen LogP contribution in [0.3, 0.4) is 0 Å². The molecule has 0 spiro atoms. The molecule has 1 unspecified atom stereocenters. The molecule has 4 rings (SSSR count). The Morgan fingerprint density at radius 1 is 0.963 bits per heavy atom. The van der Waals surface area contributed by atoms with Crippen molar-refractivity contribution in [2.24, 2.45) is 0 Å². The summed E-state index contributed by atoms with van der Waals surface area (Å²) < 4.78 is 6.02. The molecule has 1 aliphatic heterocycles. The average molecular weight is 360 g/mol. The predicted octanol–water partition coefficient (Wildman–Crippen LogP) is 3.66. The van der Waals surface area contributed by atoms with Crippen molar-refractivity contribution in [3.8, 4) is 0 Å². The molecule has 0 saturated carbocycles. The van der Waals surface area contributed by atoms with E-state index in [1.54, 1.807) is 0 Å². The number of pyridine rings is 1. The van der Waals surface area contributed by atoms with Gasteiger partial charge in [0.05, 0.1) is 18.8 Å². The van der Waals surface area contributed by atoms with E-state index in [2.05, 4.69) is 51.3 Å². The maximum absolute atomic E-state index is 6.02. The molecule has 1 atom stereocenters. The zero-order valence-electron chi connectivity index (χ0n) is 15.8. The van der Waals surface area contributed by atoms with Crippen LogP contribution in [0.5, 0.6) is 0 Å². The summed E-state index contributed by atoms with van der Waals surface area (Å²) in [7, 11) is 0. The molecule has 1 aromatic carbocycles. The van der Waals surface area contributed by atoms with E-state index in [0.717, 1.165) is 41.7 Å². The van der Waals surface area contributed by atoms with Crippen LogP contribution in [0.25, 0.3) is 0 Å². The Morgan fingerprint density at radius 3 is 2.52 bits per heavy atom. The smallest absolute Gasteiger partial charge is 0.225 e. The van der Waals surface area contributed by atoms with Crippen molar-refractivity contribution in [2.45, 2.75) is 26.4 Å². The maximum atomic E-state index is 6.02. The van der Waals surface area contributed by atoms with E-state index in [1.807, 2.05) is 32.0 Å². The summed E-state index contributed by atoms with van der Waals surface area (Å²) in [6.07, 6.45) is 0.754. The lowest BCUT2D eigenvalue weighted by atomic mass is 10.1. The van der Waals surface area contributed by atoms with Crippen LogP contribution in [0.1, 0.15) is 34.4 Å². The molecule has 2 aromatic heterocycles. The highest BCUT2D eigenvalue weighted by Gasteiger charge is 2.25. The summed E-state index contributed by atoms with van der Waals surface area (Å²) in [5.74, 6) is 0.779. The van der Waals surface area contributed by atoms with Gasteiger partial charge in [0.1, 0.15) is 6.10 Å². The third-order valence-electron chi connectivity index (χ3n) is 4.71. The molecule has 138 valence electrons. The average Bonchev–Trinajstić information content (AvgIpc) is 2.68. The second kappa shape index (κ2) is 7.84. The van der Waals surface area contributed by atoms with Gasteiger partial charge >= 0.3 is 0 Å². The molecule has 5 heteroatoms. The lowest BCUT2D eigenvalue weighted by molar-refractivity contribution is 0.0363. The number of ether oxygens (including phenoxy) is 1. The van der Waals surface area contributed by atoms with E-state index < -0.39 is 0 Å². The van der Waals surface area contributed by atoms with E-state index in [4.69, 9.17) is 9.72 Å². The SMILES string of the molecule is Cc1cc(C)nc(N2CCOC(c3cccc(Cc4ccccc4)n3)C2)n1. The number of aromatic nitrogens is 3. The van der Waals surface area contributed by atoms with E-state index in [1.165, 1.54) is 5.56 Å². The van der Waals surface area contributed by atoms with Gasteiger partial charge in [0.25, 0.3) is 0 Å². The highest BCUT2D eigenvalue weighted by atomic mass is 16.5. The molecule has 0 aliphatic carbocycles. The minimum absolute atomic E-state index is 0.0705. The predicted molar refractivity (Wildman–Crippen MR) is 106 cm³/mol. The third-order valence-corrected chi connectivity index (χ3v) is 4.71. The van der Waals surface area contributed by atoms with Crippen LogP contribution in [0.4, 0.5) is 5.95 Å². The first-order valence-electron chi connectivity index (χ1n) is 9.36. The monoisotopic (exact) mass is 360 g/mol. The van der Waals surface area contributed by atoms with Crippen LogP contribution < -0.4 is 4.90 Å². The Morgan fingerprint density at radius 2 is 1.74 bits per heavy atom. The Hall–Kier alpha value is -2.79. The summed E-state index contributed by atoms with van der Waals surface area (Å²) in [5, 5.41) is 0. The largest absolute Gasteiger partial charge is 0.368 e. The number of benzene rings is 1.